The molecule has 6 heteroatoms. The van der Waals surface area contributed by atoms with Crippen LogP contribution in [-0.4, -0.2) is 34.7 Å². The number of fused-ring (bicyclic) bond motifs is 11. The number of rotatable bonds is 0. The zero-order chi connectivity index (χ0) is 56.5. The first-order chi connectivity index (χ1) is 36.3. The minimum atomic E-state index is -0.408. The van der Waals surface area contributed by atoms with E-state index in [1.54, 1.807) is 84.9 Å². The van der Waals surface area contributed by atoms with Crippen LogP contribution in [0, 0.1) is 0 Å². The van der Waals surface area contributed by atoms with E-state index in [1.807, 2.05) is 210 Å². The van der Waals surface area contributed by atoms with E-state index in [9.17, 15) is 28.8 Å². The van der Waals surface area contributed by atoms with Gasteiger partial charge in [-0.2, -0.15) is 0 Å². The molecule has 0 saturated carbocycles. The third kappa shape index (κ3) is 15.2. The molecule has 4 aliphatic carbocycles. The standard InChI is InChI=1S/C22H12O2.2C14H8O2.9C2H6/c23-21-11-13-10-20-14(9-19(13)15-5-1-3-7-17(15)21)12-22(24)18-8-4-2-6-16(18)20;15-13-11-7-3-1-5-9(11)10-6-2-4-8-12(10)14(13)16;15-13-9-5-1-2-6-10(9)14(16)12-8-4-3-7-11(12)13;9*1-2/h1-12H;2*1-8H;9*1-2H3. The summed E-state index contributed by atoms with van der Waals surface area (Å²) in [5, 5.41) is 1.82. The molecular weight excluding hydrogens is 913 g/mol. The zero-order valence-corrected chi connectivity index (χ0v) is 47.6. The number of Topliss-reactive ketones (excluding diaryl/α,β-unsaturated/α-hetero) is 4. The minimum absolute atomic E-state index is 0.0298. The van der Waals surface area contributed by atoms with Crippen LogP contribution in [0.5, 0.6) is 0 Å². The molecule has 7 aromatic rings. The van der Waals surface area contributed by atoms with Crippen LogP contribution < -0.4 is 10.4 Å². The molecule has 11 rings (SSSR count). The molecule has 7 aromatic carbocycles. The van der Waals surface area contributed by atoms with Gasteiger partial charge in [-0.15, -0.1) is 0 Å². The number of benzene rings is 7. The highest BCUT2D eigenvalue weighted by Gasteiger charge is 2.30. The number of carbonyl (C=O) groups excluding carboxylic acids is 6. The molecule has 0 aliphatic heterocycles. The van der Waals surface area contributed by atoms with E-state index in [0.29, 0.717) is 44.5 Å². The SMILES string of the molecule is CC.CC.CC.CC.CC.CC.CC.CC.CC.O=C1C(=O)c2ccccc2-c2ccccc21.O=C1C=c2cc3c(cc2-c2ccccc21)=CC(=O)c1ccccc1-3.O=C1c2ccccc2C(=O)c2ccccc21. The zero-order valence-electron chi connectivity index (χ0n) is 47.6. The highest BCUT2D eigenvalue weighted by Crippen LogP contribution is 2.33. The van der Waals surface area contributed by atoms with Crippen molar-refractivity contribution in [2.75, 3.05) is 0 Å². The van der Waals surface area contributed by atoms with Crippen LogP contribution in [0.2, 0.25) is 0 Å². The van der Waals surface area contributed by atoms with Gasteiger partial charge in [-0.25, -0.2) is 0 Å². The van der Waals surface area contributed by atoms with E-state index in [-0.39, 0.29) is 23.1 Å². The summed E-state index contributed by atoms with van der Waals surface area (Å²) in [6.45, 7) is 36.0. The highest BCUT2D eigenvalue weighted by atomic mass is 16.2. The predicted molar refractivity (Wildman–Crippen MR) is 317 cm³/mol. The van der Waals surface area contributed by atoms with Crippen molar-refractivity contribution >= 4 is 46.9 Å². The Kier molecular flexibility index (Phi) is 32.5. The van der Waals surface area contributed by atoms with Crippen molar-refractivity contribution in [3.05, 3.63) is 213 Å². The minimum Gasteiger partial charge on any atom is -0.289 e. The number of ketones is 6. The lowest BCUT2D eigenvalue weighted by molar-refractivity contribution is 0.0815. The third-order valence-corrected chi connectivity index (χ3v) is 10.4. The van der Waals surface area contributed by atoms with Crippen molar-refractivity contribution in [3.63, 3.8) is 0 Å². The molecule has 390 valence electrons. The second kappa shape index (κ2) is 36.3. The fourth-order valence-electron chi connectivity index (χ4n) is 7.77. The molecule has 0 amide bonds. The van der Waals surface area contributed by atoms with Gasteiger partial charge in [0.15, 0.2) is 23.1 Å². The Bertz CT molecular complexity index is 2790. The molecular formula is C68H82O6. The molecule has 0 spiro atoms. The van der Waals surface area contributed by atoms with E-state index < -0.39 is 11.6 Å². The highest BCUT2D eigenvalue weighted by molar-refractivity contribution is 6.53. The number of hydrogen-bond donors (Lipinski definition) is 0. The van der Waals surface area contributed by atoms with Crippen molar-refractivity contribution < 1.29 is 28.8 Å². The largest absolute Gasteiger partial charge is 0.289 e. The van der Waals surface area contributed by atoms with Gasteiger partial charge in [0, 0.05) is 44.5 Å². The summed E-state index contributed by atoms with van der Waals surface area (Å²) in [7, 11) is 0. The van der Waals surface area contributed by atoms with Gasteiger partial charge in [-0.1, -0.05) is 270 Å². The van der Waals surface area contributed by atoms with Gasteiger partial charge in [0.25, 0.3) is 0 Å². The Labute approximate surface area is 444 Å². The Morgan fingerprint density at radius 1 is 0.189 bits per heavy atom. The Morgan fingerprint density at radius 3 is 0.568 bits per heavy atom. The van der Waals surface area contributed by atoms with E-state index in [2.05, 4.69) is 0 Å². The van der Waals surface area contributed by atoms with E-state index in [4.69, 9.17) is 0 Å². The monoisotopic (exact) mass is 995 g/mol. The lowest BCUT2D eigenvalue weighted by Crippen LogP contribution is -2.24. The molecule has 0 heterocycles. The lowest BCUT2D eigenvalue weighted by atomic mass is 9.84. The maximum absolute atomic E-state index is 12.4. The van der Waals surface area contributed by atoms with Crippen LogP contribution in [0.25, 0.3) is 45.5 Å². The second-order valence-electron chi connectivity index (χ2n) is 13.6. The Morgan fingerprint density at radius 2 is 0.351 bits per heavy atom. The van der Waals surface area contributed by atoms with Gasteiger partial charge in [0.2, 0.25) is 11.6 Å². The maximum Gasteiger partial charge on any atom is 0.234 e. The van der Waals surface area contributed by atoms with Crippen LogP contribution in [0.4, 0.5) is 0 Å². The van der Waals surface area contributed by atoms with Crippen molar-refractivity contribution in [2.24, 2.45) is 0 Å². The summed E-state index contributed by atoms with van der Waals surface area (Å²) in [5.41, 5.74) is 10.0. The second-order valence-corrected chi connectivity index (χ2v) is 13.6. The molecule has 4 aliphatic rings. The molecule has 74 heavy (non-hydrogen) atoms. The van der Waals surface area contributed by atoms with Crippen LogP contribution in [0.1, 0.15) is 198 Å². The fourth-order valence-corrected chi connectivity index (χ4v) is 7.77. The van der Waals surface area contributed by atoms with Gasteiger partial charge in [0.1, 0.15) is 0 Å². The van der Waals surface area contributed by atoms with E-state index >= 15 is 0 Å². The summed E-state index contributed by atoms with van der Waals surface area (Å²) in [4.78, 5) is 72.7. The van der Waals surface area contributed by atoms with E-state index in [1.165, 1.54) is 0 Å². The molecule has 0 N–H and O–H groups in total. The molecule has 0 saturated heterocycles. The van der Waals surface area contributed by atoms with Crippen LogP contribution in [-0.2, 0) is 0 Å². The molecule has 0 radical (unpaired) electrons. The maximum atomic E-state index is 12.4. The summed E-state index contributed by atoms with van der Waals surface area (Å²) in [6, 6.07) is 47.6. The Hall–Kier alpha value is -7.70. The van der Waals surface area contributed by atoms with Crippen molar-refractivity contribution in [1.82, 2.24) is 0 Å². The molecule has 0 aromatic heterocycles. The van der Waals surface area contributed by atoms with Gasteiger partial charge >= 0.3 is 0 Å². The van der Waals surface area contributed by atoms with Crippen LogP contribution >= 0.6 is 0 Å². The van der Waals surface area contributed by atoms with Crippen LogP contribution in [0.15, 0.2) is 158 Å². The lowest BCUT2D eigenvalue weighted by Gasteiger charge is -2.18. The van der Waals surface area contributed by atoms with Crippen molar-refractivity contribution in [3.8, 4) is 33.4 Å². The average Bonchev–Trinajstić information content (AvgIpc) is 3.51. The normalized spacial score (nSPS) is 10.9. The Balaban J connectivity index is 0.000000953. The van der Waals surface area contributed by atoms with Crippen molar-refractivity contribution in [2.45, 2.75) is 125 Å². The van der Waals surface area contributed by atoms with Gasteiger partial charge in [-0.05, 0) is 68.1 Å². The topological polar surface area (TPSA) is 102 Å². The smallest absolute Gasteiger partial charge is 0.234 e. The third-order valence-electron chi connectivity index (χ3n) is 10.4. The first-order valence-electron chi connectivity index (χ1n) is 27.0. The molecule has 0 fully saturated rings. The number of carbonyl (C=O) groups is 6. The molecule has 6 nitrogen and oxygen atoms in total. The van der Waals surface area contributed by atoms with Gasteiger partial charge in [-0.3, -0.25) is 28.8 Å². The fraction of sp³-hybridized carbons (Fsp3) is 0.265. The quantitative estimate of drug-likeness (QED) is 0.140. The van der Waals surface area contributed by atoms with Crippen LogP contribution in [0.3, 0.4) is 0 Å². The molecule has 0 unspecified atom stereocenters. The summed E-state index contributed by atoms with van der Waals surface area (Å²) >= 11 is 0. The van der Waals surface area contributed by atoms with Gasteiger partial charge < -0.3 is 0 Å². The average molecular weight is 995 g/mol. The first-order valence-corrected chi connectivity index (χ1v) is 27.0. The van der Waals surface area contributed by atoms with E-state index in [0.717, 1.165) is 43.8 Å². The van der Waals surface area contributed by atoms with Crippen molar-refractivity contribution in [1.29, 1.82) is 0 Å². The first kappa shape index (κ1) is 66.3. The summed E-state index contributed by atoms with van der Waals surface area (Å²) in [5.74, 6) is -0.885. The molecule has 0 bridgehead atoms. The summed E-state index contributed by atoms with van der Waals surface area (Å²) in [6.07, 6.45) is 3.38. The van der Waals surface area contributed by atoms with Gasteiger partial charge in [0.05, 0.1) is 0 Å². The summed E-state index contributed by atoms with van der Waals surface area (Å²) < 4.78 is 0. The molecule has 0 atom stereocenters. The predicted octanol–water partition coefficient (Wildman–Crippen LogP) is 17.4. The number of hydrogen-bond acceptors (Lipinski definition) is 6.